The molecule has 106 valence electrons. The van der Waals surface area contributed by atoms with E-state index in [1.807, 2.05) is 0 Å². The molecule has 1 aromatic rings. The Morgan fingerprint density at radius 1 is 1.53 bits per heavy atom. The van der Waals surface area contributed by atoms with Crippen LogP contribution < -0.4 is 5.73 Å². The Morgan fingerprint density at radius 2 is 2.21 bits per heavy atom. The van der Waals surface area contributed by atoms with Gasteiger partial charge in [0.05, 0.1) is 23.4 Å². The zero-order valence-corrected chi connectivity index (χ0v) is 11.8. The lowest BCUT2D eigenvalue weighted by molar-refractivity contribution is 0.0102. The van der Waals surface area contributed by atoms with E-state index in [4.69, 9.17) is 22.1 Å². The van der Waals surface area contributed by atoms with Crippen molar-refractivity contribution in [2.45, 2.75) is 17.9 Å². The first-order chi connectivity index (χ1) is 8.82. The van der Waals surface area contributed by atoms with Gasteiger partial charge in [0.15, 0.2) is 0 Å². The second-order valence-corrected chi connectivity index (χ2v) is 6.66. The van der Waals surface area contributed by atoms with Gasteiger partial charge in [-0.25, -0.2) is 12.8 Å². The summed E-state index contributed by atoms with van der Waals surface area (Å²) in [7, 11) is -3.79. The summed E-state index contributed by atoms with van der Waals surface area (Å²) in [5.41, 5.74) is 5.16. The van der Waals surface area contributed by atoms with Gasteiger partial charge in [0.2, 0.25) is 10.0 Å². The Morgan fingerprint density at radius 3 is 2.84 bits per heavy atom. The Balaban J connectivity index is 2.42. The predicted molar refractivity (Wildman–Crippen MR) is 70.0 cm³/mol. The van der Waals surface area contributed by atoms with Gasteiger partial charge in [0.25, 0.3) is 0 Å². The summed E-state index contributed by atoms with van der Waals surface area (Å²) >= 11 is 5.81. The molecular formula is C11H14ClFN2O3S. The average Bonchev–Trinajstić information content (AvgIpc) is 2.33. The van der Waals surface area contributed by atoms with Crippen molar-refractivity contribution < 1.29 is 17.5 Å². The Bertz CT molecular complexity index is 594. The number of anilines is 1. The Labute approximate surface area is 116 Å². The fourth-order valence-corrected chi connectivity index (χ4v) is 3.91. The third-order valence-corrected chi connectivity index (χ3v) is 5.20. The van der Waals surface area contributed by atoms with E-state index in [1.165, 1.54) is 4.31 Å². The summed E-state index contributed by atoms with van der Waals surface area (Å²) in [6.07, 6.45) is -0.194. The molecule has 1 unspecified atom stereocenters. The van der Waals surface area contributed by atoms with Crippen LogP contribution in [-0.2, 0) is 14.8 Å². The number of ether oxygens (including phenoxy) is 1. The maximum Gasteiger partial charge on any atom is 0.244 e. The van der Waals surface area contributed by atoms with Gasteiger partial charge in [-0.1, -0.05) is 11.6 Å². The number of halogens is 2. The number of sulfonamides is 1. The number of morpholine rings is 1. The van der Waals surface area contributed by atoms with Crippen molar-refractivity contribution in [1.82, 2.24) is 4.31 Å². The molecule has 1 aliphatic heterocycles. The van der Waals surface area contributed by atoms with Gasteiger partial charge < -0.3 is 10.5 Å². The molecule has 1 saturated heterocycles. The van der Waals surface area contributed by atoms with Crippen molar-refractivity contribution in [3.05, 3.63) is 23.0 Å². The van der Waals surface area contributed by atoms with Gasteiger partial charge in [-0.3, -0.25) is 0 Å². The lowest BCUT2D eigenvalue weighted by Crippen LogP contribution is -2.44. The summed E-state index contributed by atoms with van der Waals surface area (Å²) < 4.78 is 44.6. The van der Waals surface area contributed by atoms with Crippen molar-refractivity contribution in [3.63, 3.8) is 0 Å². The second kappa shape index (κ2) is 5.24. The van der Waals surface area contributed by atoms with Gasteiger partial charge >= 0.3 is 0 Å². The van der Waals surface area contributed by atoms with Crippen LogP contribution in [0, 0.1) is 5.82 Å². The van der Waals surface area contributed by atoms with E-state index in [0.717, 1.165) is 12.1 Å². The van der Waals surface area contributed by atoms with Crippen molar-refractivity contribution in [1.29, 1.82) is 0 Å². The van der Waals surface area contributed by atoms with Crippen molar-refractivity contribution >= 4 is 27.3 Å². The van der Waals surface area contributed by atoms with Crippen LogP contribution in [0.1, 0.15) is 6.92 Å². The molecule has 0 spiro atoms. The molecule has 2 N–H and O–H groups in total. The van der Waals surface area contributed by atoms with Crippen LogP contribution in [-0.4, -0.2) is 38.5 Å². The molecule has 5 nitrogen and oxygen atoms in total. The zero-order valence-electron chi connectivity index (χ0n) is 10.3. The SMILES string of the molecule is CC1CN(S(=O)(=O)c2cc(N)c(F)cc2Cl)CCO1. The first kappa shape index (κ1) is 14.5. The van der Waals surface area contributed by atoms with E-state index < -0.39 is 15.8 Å². The maximum atomic E-state index is 13.2. The highest BCUT2D eigenvalue weighted by molar-refractivity contribution is 7.89. The minimum atomic E-state index is -3.79. The van der Waals surface area contributed by atoms with Crippen LogP contribution in [0.4, 0.5) is 10.1 Å². The van der Waals surface area contributed by atoms with Crippen LogP contribution >= 0.6 is 11.6 Å². The number of nitrogens with zero attached hydrogens (tertiary/aromatic N) is 1. The van der Waals surface area contributed by atoms with Crippen LogP contribution in [0.2, 0.25) is 5.02 Å². The minimum absolute atomic E-state index is 0.175. The average molecular weight is 309 g/mol. The lowest BCUT2D eigenvalue weighted by atomic mass is 10.3. The fraction of sp³-hybridized carbons (Fsp3) is 0.455. The molecule has 0 bridgehead atoms. The van der Waals surface area contributed by atoms with Crippen molar-refractivity contribution in [2.75, 3.05) is 25.4 Å². The summed E-state index contributed by atoms with van der Waals surface area (Å²) in [6, 6.07) is 1.96. The second-order valence-electron chi connectivity index (χ2n) is 4.35. The monoisotopic (exact) mass is 308 g/mol. The van der Waals surface area contributed by atoms with Gasteiger partial charge in [-0.15, -0.1) is 0 Å². The largest absolute Gasteiger partial charge is 0.396 e. The maximum absolute atomic E-state index is 13.2. The highest BCUT2D eigenvalue weighted by atomic mass is 35.5. The molecule has 1 fully saturated rings. The molecule has 0 aliphatic carbocycles. The van der Waals surface area contributed by atoms with Gasteiger partial charge in [-0.2, -0.15) is 4.31 Å². The summed E-state index contributed by atoms with van der Waals surface area (Å²) in [6.45, 7) is 2.56. The molecule has 1 atom stereocenters. The van der Waals surface area contributed by atoms with E-state index in [9.17, 15) is 12.8 Å². The molecule has 1 aliphatic rings. The highest BCUT2D eigenvalue weighted by Crippen LogP contribution is 2.29. The van der Waals surface area contributed by atoms with E-state index in [0.29, 0.717) is 6.61 Å². The van der Waals surface area contributed by atoms with E-state index in [1.54, 1.807) is 6.92 Å². The molecule has 0 aromatic heterocycles. The molecular weight excluding hydrogens is 295 g/mol. The number of hydrogen-bond acceptors (Lipinski definition) is 4. The van der Waals surface area contributed by atoms with Gasteiger partial charge in [0, 0.05) is 13.1 Å². The first-order valence-electron chi connectivity index (χ1n) is 5.68. The molecule has 1 aromatic carbocycles. The molecule has 0 amide bonds. The Kier molecular flexibility index (Phi) is 4.00. The third kappa shape index (κ3) is 2.84. The fourth-order valence-electron chi connectivity index (χ4n) is 1.89. The molecule has 0 radical (unpaired) electrons. The quantitative estimate of drug-likeness (QED) is 0.840. The summed E-state index contributed by atoms with van der Waals surface area (Å²) in [4.78, 5) is -0.179. The van der Waals surface area contributed by atoms with Gasteiger partial charge in [-0.05, 0) is 19.1 Å². The third-order valence-electron chi connectivity index (χ3n) is 2.87. The number of hydrogen-bond donors (Lipinski definition) is 1. The zero-order chi connectivity index (χ0) is 14.2. The first-order valence-corrected chi connectivity index (χ1v) is 7.50. The topological polar surface area (TPSA) is 72.6 Å². The number of rotatable bonds is 2. The van der Waals surface area contributed by atoms with Crippen LogP contribution in [0.25, 0.3) is 0 Å². The smallest absolute Gasteiger partial charge is 0.244 e. The van der Waals surface area contributed by atoms with E-state index in [-0.39, 0.29) is 34.8 Å². The molecule has 2 rings (SSSR count). The molecule has 19 heavy (non-hydrogen) atoms. The Hall–Kier alpha value is -0.890. The lowest BCUT2D eigenvalue weighted by Gasteiger charge is -2.30. The molecule has 1 heterocycles. The normalized spacial score (nSPS) is 21.5. The van der Waals surface area contributed by atoms with Crippen molar-refractivity contribution in [3.8, 4) is 0 Å². The molecule has 0 saturated carbocycles. The number of benzene rings is 1. The number of nitrogens with two attached hydrogens (primary N) is 1. The number of nitrogen functional groups attached to an aromatic ring is 1. The van der Waals surface area contributed by atoms with E-state index in [2.05, 4.69) is 0 Å². The highest BCUT2D eigenvalue weighted by Gasteiger charge is 2.31. The van der Waals surface area contributed by atoms with Crippen LogP contribution in [0.3, 0.4) is 0 Å². The molecule has 8 heteroatoms. The summed E-state index contributed by atoms with van der Waals surface area (Å²) in [5.74, 6) is -0.737. The van der Waals surface area contributed by atoms with Gasteiger partial charge in [0.1, 0.15) is 10.7 Å². The summed E-state index contributed by atoms with van der Waals surface area (Å²) in [5, 5.41) is -0.175. The standard InChI is InChI=1S/C11H14ClFN2O3S/c1-7-6-15(2-3-18-7)19(16,17)11-5-10(14)9(13)4-8(11)12/h4-5,7H,2-3,6,14H2,1H3. The van der Waals surface area contributed by atoms with Crippen LogP contribution in [0.15, 0.2) is 17.0 Å². The predicted octanol–water partition coefficient (Wildman–Crippen LogP) is 1.47. The van der Waals surface area contributed by atoms with Crippen molar-refractivity contribution in [2.24, 2.45) is 0 Å². The minimum Gasteiger partial charge on any atom is -0.396 e. The van der Waals surface area contributed by atoms with Crippen LogP contribution in [0.5, 0.6) is 0 Å². The van der Waals surface area contributed by atoms with E-state index >= 15 is 0 Å².